The van der Waals surface area contributed by atoms with E-state index in [0.717, 1.165) is 11.3 Å². The zero-order valence-corrected chi connectivity index (χ0v) is 18.8. The van der Waals surface area contributed by atoms with Crippen molar-refractivity contribution in [2.75, 3.05) is 30.3 Å². The maximum absolute atomic E-state index is 12.9. The zero-order chi connectivity index (χ0) is 21.9. The van der Waals surface area contributed by atoms with Crippen LogP contribution in [0.15, 0.2) is 47.4 Å². The molecule has 0 saturated carbocycles. The van der Waals surface area contributed by atoms with Gasteiger partial charge in [-0.05, 0) is 62.7 Å². The lowest BCUT2D eigenvalue weighted by molar-refractivity contribution is -0.114. The van der Waals surface area contributed by atoms with E-state index in [1.165, 1.54) is 16.4 Å². The monoisotopic (exact) mass is 451 g/mol. The van der Waals surface area contributed by atoms with Crippen molar-refractivity contribution < 1.29 is 17.9 Å². The third kappa shape index (κ3) is 5.51. The molecule has 2 aromatic carbocycles. The summed E-state index contributed by atoms with van der Waals surface area (Å²) < 4.78 is 32.8. The largest absolute Gasteiger partial charge is 0.376 e. The van der Waals surface area contributed by atoms with E-state index in [1.807, 2.05) is 32.9 Å². The molecule has 2 unspecified atom stereocenters. The molecular formula is C21H26ClN3O4S. The zero-order valence-electron chi connectivity index (χ0n) is 17.2. The average Bonchev–Trinajstić information content (AvgIpc) is 2.68. The number of nitrogens with zero attached hydrogens (tertiary/aromatic N) is 1. The fourth-order valence-electron chi connectivity index (χ4n) is 3.28. The molecule has 0 radical (unpaired) electrons. The van der Waals surface area contributed by atoms with E-state index in [4.69, 9.17) is 16.3 Å². The Morgan fingerprint density at radius 3 is 2.30 bits per heavy atom. The van der Waals surface area contributed by atoms with Gasteiger partial charge in [-0.3, -0.25) is 4.79 Å². The Morgan fingerprint density at radius 2 is 1.70 bits per heavy atom. The maximum atomic E-state index is 12.9. The van der Waals surface area contributed by atoms with E-state index in [0.29, 0.717) is 23.8 Å². The molecule has 0 aromatic heterocycles. The summed E-state index contributed by atoms with van der Waals surface area (Å²) in [5, 5.41) is 6.38. The molecule has 1 amide bonds. The molecule has 2 N–H and O–H groups in total. The van der Waals surface area contributed by atoms with Crippen molar-refractivity contribution in [2.45, 2.75) is 37.9 Å². The molecule has 1 fully saturated rings. The Morgan fingerprint density at radius 1 is 1.10 bits per heavy atom. The summed E-state index contributed by atoms with van der Waals surface area (Å²) >= 11 is 6.08. The molecule has 7 nitrogen and oxygen atoms in total. The minimum absolute atomic E-state index is 0.0585. The molecule has 162 valence electrons. The molecule has 30 heavy (non-hydrogen) atoms. The highest BCUT2D eigenvalue weighted by atomic mass is 35.5. The summed E-state index contributed by atoms with van der Waals surface area (Å²) in [4.78, 5) is 12.4. The third-order valence-corrected chi connectivity index (χ3v) is 7.04. The van der Waals surface area contributed by atoms with Crippen LogP contribution in [0, 0.1) is 6.92 Å². The van der Waals surface area contributed by atoms with Crippen LogP contribution >= 0.6 is 11.6 Å². The Balaban J connectivity index is 1.59. The van der Waals surface area contributed by atoms with E-state index in [9.17, 15) is 13.2 Å². The van der Waals surface area contributed by atoms with Gasteiger partial charge in [-0.25, -0.2) is 8.42 Å². The number of rotatable bonds is 6. The molecule has 9 heteroatoms. The molecule has 2 atom stereocenters. The summed E-state index contributed by atoms with van der Waals surface area (Å²) in [5.41, 5.74) is 2.23. The van der Waals surface area contributed by atoms with Crippen molar-refractivity contribution in [3.63, 3.8) is 0 Å². The van der Waals surface area contributed by atoms with E-state index in [1.54, 1.807) is 18.2 Å². The molecule has 0 spiro atoms. The van der Waals surface area contributed by atoms with Crippen molar-refractivity contribution in [3.8, 4) is 0 Å². The van der Waals surface area contributed by atoms with Crippen molar-refractivity contribution in [1.29, 1.82) is 0 Å². The third-order valence-electron chi connectivity index (χ3n) is 4.79. The molecule has 1 saturated heterocycles. The second kappa shape index (κ2) is 9.34. The number of morpholine rings is 1. The van der Waals surface area contributed by atoms with Crippen LogP contribution in [0.5, 0.6) is 0 Å². The smallest absolute Gasteiger partial charge is 0.243 e. The Labute approximate surface area is 182 Å². The number of nitrogens with one attached hydrogen (secondary N) is 2. The first kappa shape index (κ1) is 22.6. The number of sulfonamides is 1. The van der Waals surface area contributed by atoms with Crippen molar-refractivity contribution >= 4 is 38.9 Å². The number of carbonyl (C=O) groups is 1. The summed E-state index contributed by atoms with van der Waals surface area (Å²) in [7, 11) is -3.61. The quantitative estimate of drug-likeness (QED) is 0.701. The first-order valence-corrected chi connectivity index (χ1v) is 11.5. The Bertz CT molecular complexity index is 1000. The number of carbonyl (C=O) groups excluding carboxylic acids is 1. The summed E-state index contributed by atoms with van der Waals surface area (Å²) in [6.45, 7) is 6.32. The molecule has 1 heterocycles. The number of aryl methyl sites for hydroxylation is 1. The highest BCUT2D eigenvalue weighted by Gasteiger charge is 2.32. The van der Waals surface area contributed by atoms with Gasteiger partial charge in [0.2, 0.25) is 15.9 Å². The molecule has 2 aromatic rings. The van der Waals surface area contributed by atoms with Crippen molar-refractivity contribution in [3.05, 3.63) is 53.1 Å². The standard InChI is InChI=1S/C21H26ClN3O4S/c1-14-4-5-18(10-20(14)22)23-11-21(26)24-17-6-8-19(9-7-17)30(27,28)25-12-15(2)29-16(3)13-25/h4-10,15-16,23H,11-13H2,1-3H3,(H,24,26). The highest BCUT2D eigenvalue weighted by Crippen LogP contribution is 2.23. The number of anilines is 2. The van der Waals surface area contributed by atoms with Crippen molar-refractivity contribution in [1.82, 2.24) is 4.31 Å². The average molecular weight is 452 g/mol. The van der Waals surface area contributed by atoms with Gasteiger partial charge in [0.1, 0.15) is 0 Å². The maximum Gasteiger partial charge on any atom is 0.243 e. The normalized spacial score (nSPS) is 20.0. The summed E-state index contributed by atoms with van der Waals surface area (Å²) in [5.74, 6) is -0.252. The van der Waals surface area contributed by atoms with Crippen LogP contribution in [-0.2, 0) is 19.6 Å². The predicted octanol–water partition coefficient (Wildman–Crippen LogP) is 3.50. The van der Waals surface area contributed by atoms with Gasteiger partial charge in [-0.15, -0.1) is 0 Å². The van der Waals surface area contributed by atoms with Crippen molar-refractivity contribution in [2.24, 2.45) is 0 Å². The lowest BCUT2D eigenvalue weighted by atomic mass is 10.2. The summed E-state index contributed by atoms with van der Waals surface area (Å²) in [6.07, 6.45) is -0.309. The minimum atomic E-state index is -3.61. The van der Waals surface area contributed by atoms with Gasteiger partial charge in [0.25, 0.3) is 0 Å². The molecule has 3 rings (SSSR count). The van der Waals surface area contributed by atoms with Crippen LogP contribution in [0.1, 0.15) is 19.4 Å². The topological polar surface area (TPSA) is 87.7 Å². The van der Waals surface area contributed by atoms with E-state index in [2.05, 4.69) is 10.6 Å². The minimum Gasteiger partial charge on any atom is -0.376 e. The number of amides is 1. The molecular weight excluding hydrogens is 426 g/mol. The van der Waals surface area contributed by atoms with Crippen LogP contribution in [0.25, 0.3) is 0 Å². The molecule has 1 aliphatic rings. The second-order valence-electron chi connectivity index (χ2n) is 7.47. The first-order valence-electron chi connectivity index (χ1n) is 9.70. The van der Waals surface area contributed by atoms with Gasteiger partial charge in [0, 0.05) is 29.5 Å². The number of benzene rings is 2. The SMILES string of the molecule is Cc1ccc(NCC(=O)Nc2ccc(S(=O)(=O)N3CC(C)OC(C)C3)cc2)cc1Cl. The Hall–Kier alpha value is -2.13. The van der Waals surface area contributed by atoms with Crippen LogP contribution in [0.3, 0.4) is 0 Å². The molecule has 1 aliphatic heterocycles. The lowest BCUT2D eigenvalue weighted by Crippen LogP contribution is -2.48. The fourth-order valence-corrected chi connectivity index (χ4v) is 5.05. The Kier molecular flexibility index (Phi) is 7.02. The second-order valence-corrected chi connectivity index (χ2v) is 9.81. The lowest BCUT2D eigenvalue weighted by Gasteiger charge is -2.34. The van der Waals surface area contributed by atoms with Gasteiger partial charge < -0.3 is 15.4 Å². The van der Waals surface area contributed by atoms with E-state index in [-0.39, 0.29) is 29.6 Å². The van der Waals surface area contributed by atoms with Gasteiger partial charge in [-0.2, -0.15) is 4.31 Å². The van der Waals surface area contributed by atoms with Crippen LogP contribution < -0.4 is 10.6 Å². The van der Waals surface area contributed by atoms with Gasteiger partial charge >= 0.3 is 0 Å². The predicted molar refractivity (Wildman–Crippen MR) is 119 cm³/mol. The van der Waals surface area contributed by atoms with Gasteiger partial charge in [-0.1, -0.05) is 17.7 Å². The van der Waals surface area contributed by atoms with E-state index >= 15 is 0 Å². The van der Waals surface area contributed by atoms with Gasteiger partial charge in [0.05, 0.1) is 23.6 Å². The number of hydrogen-bond donors (Lipinski definition) is 2. The highest BCUT2D eigenvalue weighted by molar-refractivity contribution is 7.89. The van der Waals surface area contributed by atoms with E-state index < -0.39 is 10.0 Å². The fraction of sp³-hybridized carbons (Fsp3) is 0.381. The molecule has 0 bridgehead atoms. The number of halogens is 1. The number of ether oxygens (including phenoxy) is 1. The number of hydrogen-bond acceptors (Lipinski definition) is 5. The van der Waals surface area contributed by atoms with Crippen LogP contribution in [0.4, 0.5) is 11.4 Å². The molecule has 0 aliphatic carbocycles. The summed E-state index contributed by atoms with van der Waals surface area (Å²) in [6, 6.07) is 11.7. The van der Waals surface area contributed by atoms with Crippen LogP contribution in [0.2, 0.25) is 5.02 Å². The first-order chi connectivity index (χ1) is 14.1. The van der Waals surface area contributed by atoms with Crippen LogP contribution in [-0.4, -0.2) is 50.5 Å². The van der Waals surface area contributed by atoms with Gasteiger partial charge in [0.15, 0.2) is 0 Å².